The van der Waals surface area contributed by atoms with Crippen molar-refractivity contribution in [1.82, 2.24) is 19.5 Å². The minimum absolute atomic E-state index is 0.0462. The zero-order valence-corrected chi connectivity index (χ0v) is 34.5. The summed E-state index contributed by atoms with van der Waals surface area (Å²) in [4.78, 5) is 18.3. The number of benzene rings is 9. The van der Waals surface area contributed by atoms with E-state index >= 15 is 0 Å². The third-order valence-corrected chi connectivity index (χ3v) is 13.5. The minimum atomic E-state index is -0.334. The van der Waals surface area contributed by atoms with Gasteiger partial charge in [-0.2, -0.15) is 9.97 Å². The van der Waals surface area contributed by atoms with Crippen LogP contribution in [-0.4, -0.2) is 25.6 Å². The van der Waals surface area contributed by atoms with E-state index in [-0.39, 0.29) is 11.5 Å². The molecule has 2 unspecified atom stereocenters. The molecule has 0 N–H and O–H groups in total. The molecule has 0 saturated heterocycles. The Kier molecular flexibility index (Phi) is 7.73. The quantitative estimate of drug-likeness (QED) is 0.163. The maximum atomic E-state index is 5.33. The molecule has 9 aromatic carbocycles. The molecule has 2 aliphatic rings. The number of nitrogens with zero attached hydrogens (tertiary/aromatic N) is 5. The Labute approximate surface area is 364 Å². The molecule has 3 heterocycles. The van der Waals surface area contributed by atoms with Crippen LogP contribution >= 0.6 is 0 Å². The van der Waals surface area contributed by atoms with Gasteiger partial charge >= 0.3 is 0 Å². The van der Waals surface area contributed by atoms with Gasteiger partial charge in [0.2, 0.25) is 5.95 Å². The number of rotatable bonds is 5. The lowest BCUT2D eigenvalue weighted by atomic mass is 9.75. The first-order valence-electron chi connectivity index (χ1n) is 21.6. The molecule has 0 fully saturated rings. The van der Waals surface area contributed by atoms with Crippen LogP contribution in [0.1, 0.15) is 12.5 Å². The van der Waals surface area contributed by atoms with Crippen LogP contribution in [0.15, 0.2) is 200 Å². The Bertz CT molecular complexity index is 3730. The zero-order chi connectivity index (χ0) is 41.6. The van der Waals surface area contributed by atoms with Crippen molar-refractivity contribution < 1.29 is 0 Å². The van der Waals surface area contributed by atoms with E-state index in [1.807, 2.05) is 24.3 Å². The molecule has 5 nitrogen and oxygen atoms in total. The number of para-hydroxylation sites is 2. The smallest absolute Gasteiger partial charge is 0.238 e. The van der Waals surface area contributed by atoms with Gasteiger partial charge in [0.1, 0.15) is 0 Å². The maximum absolute atomic E-state index is 5.33. The van der Waals surface area contributed by atoms with Crippen molar-refractivity contribution in [2.24, 2.45) is 0 Å². The predicted octanol–water partition coefficient (Wildman–Crippen LogP) is 12.3. The van der Waals surface area contributed by atoms with Crippen molar-refractivity contribution in [3.05, 3.63) is 216 Å². The van der Waals surface area contributed by atoms with E-state index in [1.54, 1.807) is 0 Å². The van der Waals surface area contributed by atoms with Gasteiger partial charge in [-0.1, -0.05) is 182 Å². The topological polar surface area (TPSA) is 46.8 Å². The average molecular weight is 806 g/mol. The molecular weight excluding hydrogens is 767 g/mol. The highest BCUT2D eigenvalue weighted by Gasteiger charge is 2.47. The summed E-state index contributed by atoms with van der Waals surface area (Å²) >= 11 is 0. The summed E-state index contributed by atoms with van der Waals surface area (Å²) in [5, 5.41) is 11.0. The number of anilines is 2. The lowest BCUT2D eigenvalue weighted by molar-refractivity contribution is 0.600. The fraction of sp³-hybridized carbons (Fsp3) is 0.0517. The lowest BCUT2D eigenvalue weighted by Gasteiger charge is -2.35. The van der Waals surface area contributed by atoms with E-state index in [0.29, 0.717) is 17.6 Å². The Balaban J connectivity index is 1.04. The lowest BCUT2D eigenvalue weighted by Crippen LogP contribution is -2.47. The first kappa shape index (κ1) is 35.6. The predicted molar refractivity (Wildman–Crippen MR) is 260 cm³/mol. The maximum Gasteiger partial charge on any atom is 0.238 e. The Morgan fingerprint density at radius 3 is 1.63 bits per heavy atom. The summed E-state index contributed by atoms with van der Waals surface area (Å²) in [6, 6.07) is 71.5. The highest BCUT2D eigenvalue weighted by molar-refractivity contribution is 6.25. The molecule has 0 radical (unpaired) electrons. The number of hydrogen-bond acceptors (Lipinski definition) is 4. The van der Waals surface area contributed by atoms with Crippen molar-refractivity contribution in [1.29, 1.82) is 0 Å². The van der Waals surface area contributed by atoms with Crippen molar-refractivity contribution in [2.75, 3.05) is 4.90 Å². The second-order valence-electron chi connectivity index (χ2n) is 17.0. The standard InChI is InChI=1S/C58H39N5/c1-58-36-49-47-24-12-14-26-51(47)63(57-60-55(39-18-6-3-7-19-39)59-56(61-57)40-30-28-38(29-31-40)37-16-4-2-5-17-37)53(49)35-54(58)62(52-27-15-13-25-50(52)58)41-32-33-46-44-22-9-8-20-42(44)43-21-10-11-23-45(43)48(46)34-41/h2-36,54H,1H3. The van der Waals surface area contributed by atoms with Crippen molar-refractivity contribution >= 4 is 66.7 Å². The summed E-state index contributed by atoms with van der Waals surface area (Å²) < 4.78 is 2.26. The van der Waals surface area contributed by atoms with Crippen LogP contribution in [-0.2, 0) is 5.41 Å². The summed E-state index contributed by atoms with van der Waals surface area (Å²) in [6.45, 7) is 2.40. The Hall–Kier alpha value is -8.15. The van der Waals surface area contributed by atoms with Crippen LogP contribution < -0.4 is 15.5 Å². The normalized spacial score (nSPS) is 16.5. The van der Waals surface area contributed by atoms with E-state index in [0.717, 1.165) is 33.2 Å². The van der Waals surface area contributed by atoms with Gasteiger partial charge in [0.25, 0.3) is 0 Å². The second-order valence-corrected chi connectivity index (χ2v) is 17.0. The monoisotopic (exact) mass is 805 g/mol. The number of hydrogen-bond donors (Lipinski definition) is 0. The largest absolute Gasteiger partial charge is 0.333 e. The Morgan fingerprint density at radius 2 is 0.952 bits per heavy atom. The van der Waals surface area contributed by atoms with Crippen LogP contribution in [0.5, 0.6) is 0 Å². The van der Waals surface area contributed by atoms with Gasteiger partial charge in [-0.3, -0.25) is 4.57 Å². The van der Waals surface area contributed by atoms with Gasteiger partial charge in [-0.15, -0.1) is 0 Å². The Morgan fingerprint density at radius 1 is 0.444 bits per heavy atom. The first-order chi connectivity index (χ1) is 31.1. The van der Waals surface area contributed by atoms with Gasteiger partial charge in [-0.05, 0) is 86.3 Å². The number of aromatic nitrogens is 4. The number of fused-ring (bicyclic) bond motifs is 12. The van der Waals surface area contributed by atoms with Crippen LogP contribution in [0.2, 0.25) is 0 Å². The molecule has 0 spiro atoms. The second kappa shape index (κ2) is 13.7. The summed E-state index contributed by atoms with van der Waals surface area (Å²) in [7, 11) is 0. The molecule has 0 saturated carbocycles. The van der Waals surface area contributed by atoms with E-state index in [2.05, 4.69) is 204 Å². The van der Waals surface area contributed by atoms with Gasteiger partial charge in [0, 0.05) is 38.5 Å². The van der Waals surface area contributed by atoms with Gasteiger partial charge in [0.05, 0.1) is 16.9 Å². The van der Waals surface area contributed by atoms with Crippen LogP contribution in [0, 0.1) is 0 Å². The first-order valence-corrected chi connectivity index (χ1v) is 21.6. The average Bonchev–Trinajstić information content (AvgIpc) is 3.81. The molecule has 0 amide bonds. The third kappa shape index (κ3) is 5.39. The molecule has 5 heteroatoms. The van der Waals surface area contributed by atoms with Gasteiger partial charge in [0.15, 0.2) is 11.6 Å². The fourth-order valence-electron chi connectivity index (χ4n) is 10.5. The van der Waals surface area contributed by atoms with Crippen LogP contribution in [0.25, 0.3) is 95.2 Å². The molecular formula is C58H39N5. The van der Waals surface area contributed by atoms with E-state index in [9.17, 15) is 0 Å². The highest BCUT2D eigenvalue weighted by atomic mass is 15.2. The van der Waals surface area contributed by atoms with E-state index in [4.69, 9.17) is 15.0 Å². The summed E-state index contributed by atoms with van der Waals surface area (Å²) in [5.74, 6) is 1.84. The summed E-state index contributed by atoms with van der Waals surface area (Å²) in [5.41, 5.74) is 8.59. The van der Waals surface area contributed by atoms with E-state index in [1.165, 1.54) is 59.7 Å². The van der Waals surface area contributed by atoms with Crippen molar-refractivity contribution in [3.63, 3.8) is 0 Å². The molecule has 1 aliphatic carbocycles. The molecule has 296 valence electrons. The molecule has 11 aromatic rings. The minimum Gasteiger partial charge on any atom is -0.333 e. The highest BCUT2D eigenvalue weighted by Crippen LogP contribution is 2.52. The van der Waals surface area contributed by atoms with Gasteiger partial charge in [-0.25, -0.2) is 4.98 Å². The molecule has 2 aromatic heterocycles. The molecule has 2 atom stereocenters. The molecule has 63 heavy (non-hydrogen) atoms. The van der Waals surface area contributed by atoms with Crippen molar-refractivity contribution in [3.8, 4) is 39.9 Å². The zero-order valence-electron chi connectivity index (χ0n) is 34.5. The molecule has 0 bridgehead atoms. The van der Waals surface area contributed by atoms with Crippen LogP contribution in [0.4, 0.5) is 11.4 Å². The van der Waals surface area contributed by atoms with E-state index < -0.39 is 0 Å². The third-order valence-electron chi connectivity index (χ3n) is 13.5. The fourth-order valence-corrected chi connectivity index (χ4v) is 10.5. The SMILES string of the molecule is CC12C=c3c(n(-c4nc(-c5ccccc5)nc(-c5ccc(-c6ccccc6)cc5)n4)c4ccccc34)=CC1N(c1ccc3c4ccccc4c4ccccc4c3c1)c1ccccc12. The molecule has 13 rings (SSSR count). The van der Waals surface area contributed by atoms with Crippen LogP contribution in [0.3, 0.4) is 0 Å². The summed E-state index contributed by atoms with van der Waals surface area (Å²) in [6.07, 6.45) is 4.98. The van der Waals surface area contributed by atoms with Crippen molar-refractivity contribution in [2.45, 2.75) is 18.4 Å². The molecule has 1 aliphatic heterocycles. The van der Waals surface area contributed by atoms with Gasteiger partial charge < -0.3 is 4.90 Å².